The molecule has 0 radical (unpaired) electrons. The van der Waals surface area contributed by atoms with Crippen LogP contribution >= 0.6 is 0 Å². The summed E-state index contributed by atoms with van der Waals surface area (Å²) in [4.78, 5) is 14.0. The number of rotatable bonds is 9. The number of hydrogen-bond donors (Lipinski definition) is 0. The molecule has 214 valence electrons. The van der Waals surface area contributed by atoms with Crippen molar-refractivity contribution in [3.63, 3.8) is 0 Å². The van der Waals surface area contributed by atoms with Crippen molar-refractivity contribution in [1.82, 2.24) is 19.5 Å². The van der Waals surface area contributed by atoms with E-state index >= 15 is 0 Å². The van der Waals surface area contributed by atoms with Gasteiger partial charge in [-0.15, -0.1) is 0 Å². The van der Waals surface area contributed by atoms with Crippen LogP contribution in [0.4, 0.5) is 0 Å². The van der Waals surface area contributed by atoms with E-state index in [4.69, 9.17) is 23.9 Å². The normalized spacial score (nSPS) is 21.9. The number of benzene rings is 3. The molecule has 42 heavy (non-hydrogen) atoms. The van der Waals surface area contributed by atoms with Crippen molar-refractivity contribution in [1.29, 1.82) is 0 Å². The lowest BCUT2D eigenvalue weighted by Gasteiger charge is -2.26. The first-order valence-electron chi connectivity index (χ1n) is 14.5. The lowest BCUT2D eigenvalue weighted by molar-refractivity contribution is -0.0434. The SMILES string of the molecule is Cc1ccc(OC[C@H]2O[C@@H](n3cnc4c(C5CC5)ncnc43)[C@H](Oc3ccc(C)cc3)[C@@H]2Oc2ccc(C)cc2)cc1. The standard InChI is InChI=1S/C34H34N4O4/c1-21-4-12-25(13-5-21)39-18-28-31(40-26-14-6-22(2)7-15-26)32(41-27-16-8-23(3)9-17-27)34(42-28)38-20-37-30-29(24-10-11-24)35-19-36-33(30)38/h4-9,12-17,19-20,24,28,31-32,34H,10-11,18H2,1-3H3/t28-,31-,32-,34-/m1/s1. The number of ether oxygens (including phenoxy) is 4. The topological polar surface area (TPSA) is 80.5 Å². The van der Waals surface area contributed by atoms with Crippen molar-refractivity contribution < 1.29 is 18.9 Å². The van der Waals surface area contributed by atoms with E-state index in [9.17, 15) is 0 Å². The van der Waals surface area contributed by atoms with Crippen LogP contribution in [0.1, 0.15) is 47.4 Å². The summed E-state index contributed by atoms with van der Waals surface area (Å²) in [6, 6.07) is 24.1. The van der Waals surface area contributed by atoms with Crippen molar-refractivity contribution in [3.8, 4) is 17.2 Å². The largest absolute Gasteiger partial charge is 0.491 e. The molecule has 1 aliphatic heterocycles. The highest BCUT2D eigenvalue weighted by atomic mass is 16.6. The first-order chi connectivity index (χ1) is 20.5. The summed E-state index contributed by atoms with van der Waals surface area (Å²) < 4.78 is 28.4. The Balaban J connectivity index is 1.27. The zero-order valence-corrected chi connectivity index (χ0v) is 24.0. The van der Waals surface area contributed by atoms with Gasteiger partial charge in [0.15, 0.2) is 24.1 Å². The Morgan fingerprint density at radius 1 is 0.714 bits per heavy atom. The fourth-order valence-electron chi connectivity index (χ4n) is 5.41. The molecule has 8 nitrogen and oxygen atoms in total. The third-order valence-corrected chi connectivity index (χ3v) is 7.93. The molecule has 2 fully saturated rings. The van der Waals surface area contributed by atoms with Crippen LogP contribution in [0.2, 0.25) is 0 Å². The van der Waals surface area contributed by atoms with Gasteiger partial charge in [-0.25, -0.2) is 15.0 Å². The van der Waals surface area contributed by atoms with Crippen LogP contribution in [-0.2, 0) is 4.74 Å². The second kappa shape index (κ2) is 11.1. The minimum Gasteiger partial charge on any atom is -0.491 e. The molecule has 0 spiro atoms. The monoisotopic (exact) mass is 562 g/mol. The fraction of sp³-hybridized carbons (Fsp3) is 0.324. The molecule has 8 heteroatoms. The molecular formula is C34H34N4O4. The van der Waals surface area contributed by atoms with Crippen LogP contribution < -0.4 is 14.2 Å². The molecule has 1 saturated heterocycles. The average molecular weight is 563 g/mol. The Kier molecular flexibility index (Phi) is 6.99. The third kappa shape index (κ3) is 5.42. The minimum absolute atomic E-state index is 0.277. The molecule has 0 N–H and O–H groups in total. The molecule has 0 unspecified atom stereocenters. The summed E-state index contributed by atoms with van der Waals surface area (Å²) in [7, 11) is 0. The molecule has 0 bridgehead atoms. The van der Waals surface area contributed by atoms with E-state index in [0.29, 0.717) is 5.92 Å². The number of fused-ring (bicyclic) bond motifs is 1. The molecule has 7 rings (SSSR count). The van der Waals surface area contributed by atoms with Gasteiger partial charge >= 0.3 is 0 Å². The summed E-state index contributed by atoms with van der Waals surface area (Å²) in [5.74, 6) is 2.68. The maximum Gasteiger partial charge on any atom is 0.183 e. The predicted molar refractivity (Wildman–Crippen MR) is 159 cm³/mol. The summed E-state index contributed by atoms with van der Waals surface area (Å²) in [5.41, 5.74) is 6.02. The van der Waals surface area contributed by atoms with Crippen molar-refractivity contribution in [2.24, 2.45) is 0 Å². The van der Waals surface area contributed by atoms with Crippen LogP contribution in [0, 0.1) is 20.8 Å². The maximum absolute atomic E-state index is 6.78. The van der Waals surface area contributed by atoms with Gasteiger partial charge in [0.25, 0.3) is 0 Å². The van der Waals surface area contributed by atoms with Crippen molar-refractivity contribution in [2.45, 2.75) is 64.1 Å². The molecule has 3 heterocycles. The molecular weight excluding hydrogens is 528 g/mol. The van der Waals surface area contributed by atoms with E-state index in [-0.39, 0.29) is 6.61 Å². The number of aromatic nitrogens is 4. The molecule has 1 aliphatic carbocycles. The maximum atomic E-state index is 6.78. The van der Waals surface area contributed by atoms with Crippen LogP contribution in [-0.4, -0.2) is 44.4 Å². The Bertz CT molecular complexity index is 1660. The molecule has 1 saturated carbocycles. The first-order valence-corrected chi connectivity index (χ1v) is 14.5. The van der Waals surface area contributed by atoms with E-state index in [1.54, 1.807) is 12.7 Å². The molecule has 4 atom stereocenters. The van der Waals surface area contributed by atoms with E-state index in [1.807, 2.05) is 77.4 Å². The van der Waals surface area contributed by atoms with E-state index in [0.717, 1.165) is 58.1 Å². The summed E-state index contributed by atoms with van der Waals surface area (Å²) in [5, 5.41) is 0. The molecule has 2 aliphatic rings. The Morgan fingerprint density at radius 3 is 1.88 bits per heavy atom. The van der Waals surface area contributed by atoms with Gasteiger partial charge in [0, 0.05) is 5.92 Å². The average Bonchev–Trinajstić information content (AvgIpc) is 3.68. The van der Waals surface area contributed by atoms with Crippen molar-refractivity contribution >= 4 is 11.2 Å². The van der Waals surface area contributed by atoms with Gasteiger partial charge < -0.3 is 18.9 Å². The van der Waals surface area contributed by atoms with Gasteiger partial charge in [-0.3, -0.25) is 4.57 Å². The van der Waals surface area contributed by atoms with Gasteiger partial charge in [-0.2, -0.15) is 0 Å². The van der Waals surface area contributed by atoms with E-state index in [1.165, 1.54) is 5.56 Å². The molecule has 5 aromatic rings. The van der Waals surface area contributed by atoms with Crippen molar-refractivity contribution in [3.05, 3.63) is 108 Å². The molecule has 2 aromatic heterocycles. The number of aryl methyl sites for hydroxylation is 3. The van der Waals surface area contributed by atoms with E-state index < -0.39 is 24.5 Å². The number of imidazole rings is 1. The van der Waals surface area contributed by atoms with Gasteiger partial charge in [0.1, 0.15) is 41.8 Å². The first kappa shape index (κ1) is 26.5. The second-order valence-electron chi connectivity index (χ2n) is 11.3. The van der Waals surface area contributed by atoms with Crippen LogP contribution in [0.15, 0.2) is 85.5 Å². The lowest BCUT2D eigenvalue weighted by atomic mass is 10.1. The highest BCUT2D eigenvalue weighted by molar-refractivity contribution is 5.74. The quantitative estimate of drug-likeness (QED) is 0.203. The van der Waals surface area contributed by atoms with Crippen molar-refractivity contribution in [2.75, 3.05) is 6.61 Å². The Hall–Kier alpha value is -4.43. The summed E-state index contributed by atoms with van der Waals surface area (Å²) in [6.07, 6.45) is 3.62. The Labute approximate surface area is 245 Å². The highest BCUT2D eigenvalue weighted by Gasteiger charge is 2.50. The summed E-state index contributed by atoms with van der Waals surface area (Å²) >= 11 is 0. The lowest BCUT2D eigenvalue weighted by Crippen LogP contribution is -2.42. The zero-order chi connectivity index (χ0) is 28.6. The highest BCUT2D eigenvalue weighted by Crippen LogP contribution is 2.42. The van der Waals surface area contributed by atoms with Crippen LogP contribution in [0.3, 0.4) is 0 Å². The zero-order valence-electron chi connectivity index (χ0n) is 24.0. The molecule has 0 amide bonds. The predicted octanol–water partition coefficient (Wildman–Crippen LogP) is 6.50. The Morgan fingerprint density at radius 2 is 1.29 bits per heavy atom. The number of hydrogen-bond acceptors (Lipinski definition) is 7. The van der Waals surface area contributed by atoms with Gasteiger partial charge in [0.2, 0.25) is 0 Å². The van der Waals surface area contributed by atoms with Gasteiger partial charge in [-0.05, 0) is 70.0 Å². The number of nitrogens with zero attached hydrogens (tertiary/aromatic N) is 4. The second-order valence-corrected chi connectivity index (χ2v) is 11.3. The van der Waals surface area contributed by atoms with Gasteiger partial charge in [0.05, 0.1) is 12.0 Å². The van der Waals surface area contributed by atoms with Gasteiger partial charge in [-0.1, -0.05) is 53.1 Å². The smallest absolute Gasteiger partial charge is 0.183 e. The van der Waals surface area contributed by atoms with Crippen LogP contribution in [0.5, 0.6) is 17.2 Å². The minimum atomic E-state index is -0.569. The van der Waals surface area contributed by atoms with Crippen LogP contribution in [0.25, 0.3) is 11.2 Å². The third-order valence-electron chi connectivity index (χ3n) is 7.93. The fourth-order valence-corrected chi connectivity index (χ4v) is 5.41. The van der Waals surface area contributed by atoms with E-state index in [2.05, 4.69) is 30.7 Å². The summed E-state index contributed by atoms with van der Waals surface area (Å²) in [6.45, 7) is 6.45. The molecule has 3 aromatic carbocycles.